The van der Waals surface area contributed by atoms with Crippen LogP contribution >= 0.6 is 0 Å². The second-order valence-electron chi connectivity index (χ2n) is 5.04. The Hall–Kier alpha value is -1.41. The van der Waals surface area contributed by atoms with E-state index in [1.807, 2.05) is 13.8 Å². The lowest BCUT2D eigenvalue weighted by atomic mass is 10.4. The number of sulfone groups is 1. The van der Waals surface area contributed by atoms with E-state index in [4.69, 9.17) is 4.74 Å². The average molecular weight is 300 g/mol. The lowest BCUT2D eigenvalue weighted by Gasteiger charge is -2.34. The molecule has 1 aliphatic heterocycles. The van der Waals surface area contributed by atoms with E-state index in [0.717, 1.165) is 0 Å². The number of piperazine rings is 1. The molecule has 1 aromatic heterocycles. The van der Waals surface area contributed by atoms with Gasteiger partial charge < -0.3 is 15.0 Å². The van der Waals surface area contributed by atoms with Crippen LogP contribution in [0.25, 0.3) is 0 Å². The zero-order chi connectivity index (χ0) is 14.8. The first-order valence-electron chi connectivity index (χ1n) is 6.54. The highest BCUT2D eigenvalue weighted by molar-refractivity contribution is 7.91. The molecule has 20 heavy (non-hydrogen) atoms. The first-order valence-corrected chi connectivity index (χ1v) is 8.49. The molecular weight excluding hydrogens is 280 g/mol. The fraction of sp³-hybridized carbons (Fsp3) is 0.667. The summed E-state index contributed by atoms with van der Waals surface area (Å²) >= 11 is 0. The van der Waals surface area contributed by atoms with Gasteiger partial charge in [0.1, 0.15) is 5.37 Å². The van der Waals surface area contributed by atoms with Gasteiger partial charge in [0.15, 0.2) is 9.84 Å². The summed E-state index contributed by atoms with van der Waals surface area (Å²) in [7, 11) is -3.22. The van der Waals surface area contributed by atoms with E-state index in [0.29, 0.717) is 31.5 Å². The Balaban J connectivity index is 2.28. The molecule has 1 fully saturated rings. The first-order chi connectivity index (χ1) is 9.38. The largest absolute Gasteiger partial charge is 0.475 e. The molecule has 1 aromatic rings. The molecular formula is C12H20N4O3S. The fourth-order valence-corrected chi connectivity index (χ4v) is 3.15. The van der Waals surface area contributed by atoms with Gasteiger partial charge in [-0.15, -0.1) is 0 Å². The van der Waals surface area contributed by atoms with Crippen LogP contribution in [0.2, 0.25) is 0 Å². The maximum atomic E-state index is 11.9. The Bertz CT molecular complexity index is 562. The van der Waals surface area contributed by atoms with Crippen LogP contribution in [0, 0.1) is 0 Å². The molecule has 2 rings (SSSR count). The minimum absolute atomic E-state index is 0.00600. The van der Waals surface area contributed by atoms with Crippen LogP contribution in [-0.4, -0.2) is 55.8 Å². The zero-order valence-corrected chi connectivity index (χ0v) is 12.7. The molecule has 0 spiro atoms. The standard InChI is InChI=1S/C12H20N4O3S/c1-9(2)19-10-4-5-14-12(15-10)16-7-6-13-8-11(16)20(3,17)18/h4-5,9,11,13H,6-8H2,1-3H3. The number of hydrogen-bond acceptors (Lipinski definition) is 7. The topological polar surface area (TPSA) is 84.4 Å². The summed E-state index contributed by atoms with van der Waals surface area (Å²) in [6, 6.07) is 1.67. The molecule has 1 atom stereocenters. The van der Waals surface area contributed by atoms with Gasteiger partial charge in [0.25, 0.3) is 0 Å². The highest BCUT2D eigenvalue weighted by atomic mass is 32.2. The molecule has 0 amide bonds. The lowest BCUT2D eigenvalue weighted by Crippen LogP contribution is -2.55. The van der Waals surface area contributed by atoms with Gasteiger partial charge in [-0.3, -0.25) is 0 Å². The number of aromatic nitrogens is 2. The third-order valence-electron chi connectivity index (χ3n) is 2.92. The molecule has 0 aliphatic carbocycles. The van der Waals surface area contributed by atoms with Crippen molar-refractivity contribution in [3.8, 4) is 5.88 Å². The van der Waals surface area contributed by atoms with Gasteiger partial charge in [-0.05, 0) is 13.8 Å². The van der Waals surface area contributed by atoms with Crippen molar-refractivity contribution in [1.82, 2.24) is 15.3 Å². The quantitative estimate of drug-likeness (QED) is 0.840. The van der Waals surface area contributed by atoms with Crippen LogP contribution in [-0.2, 0) is 9.84 Å². The third-order valence-corrected chi connectivity index (χ3v) is 4.33. The van der Waals surface area contributed by atoms with Crippen molar-refractivity contribution in [3.05, 3.63) is 12.3 Å². The van der Waals surface area contributed by atoms with E-state index in [1.54, 1.807) is 17.2 Å². The Kier molecular flexibility index (Phi) is 4.44. The normalized spacial score (nSPS) is 20.2. The van der Waals surface area contributed by atoms with Gasteiger partial charge in [0, 0.05) is 38.2 Å². The minimum Gasteiger partial charge on any atom is -0.475 e. The molecule has 1 unspecified atom stereocenters. The zero-order valence-electron chi connectivity index (χ0n) is 11.9. The molecule has 112 valence electrons. The molecule has 1 aliphatic rings. The molecule has 0 radical (unpaired) electrons. The van der Waals surface area contributed by atoms with Crippen molar-refractivity contribution in [3.63, 3.8) is 0 Å². The minimum atomic E-state index is -3.22. The van der Waals surface area contributed by atoms with Gasteiger partial charge in [-0.1, -0.05) is 0 Å². The van der Waals surface area contributed by atoms with Crippen LogP contribution in [0.15, 0.2) is 12.3 Å². The maximum Gasteiger partial charge on any atom is 0.229 e. The molecule has 2 heterocycles. The smallest absolute Gasteiger partial charge is 0.229 e. The van der Waals surface area contributed by atoms with E-state index >= 15 is 0 Å². The van der Waals surface area contributed by atoms with Crippen molar-refractivity contribution in [2.75, 3.05) is 30.8 Å². The van der Waals surface area contributed by atoms with Crippen molar-refractivity contribution in [2.24, 2.45) is 0 Å². The Morgan fingerprint density at radius 2 is 2.25 bits per heavy atom. The Labute approximate surface area is 119 Å². The van der Waals surface area contributed by atoms with Crippen LogP contribution in [0.5, 0.6) is 5.88 Å². The van der Waals surface area contributed by atoms with Gasteiger partial charge in [0.2, 0.25) is 11.8 Å². The first kappa shape index (κ1) is 15.0. The Morgan fingerprint density at radius 1 is 1.50 bits per heavy atom. The number of anilines is 1. The van der Waals surface area contributed by atoms with Crippen LogP contribution in [0.3, 0.4) is 0 Å². The monoisotopic (exact) mass is 300 g/mol. The second-order valence-corrected chi connectivity index (χ2v) is 7.25. The van der Waals surface area contributed by atoms with E-state index < -0.39 is 15.2 Å². The predicted molar refractivity (Wildman–Crippen MR) is 76.6 cm³/mol. The van der Waals surface area contributed by atoms with Crippen molar-refractivity contribution in [1.29, 1.82) is 0 Å². The second kappa shape index (κ2) is 5.92. The number of hydrogen-bond donors (Lipinski definition) is 1. The number of ether oxygens (including phenoxy) is 1. The average Bonchev–Trinajstić information content (AvgIpc) is 2.37. The number of rotatable bonds is 4. The van der Waals surface area contributed by atoms with Crippen LogP contribution in [0.1, 0.15) is 13.8 Å². The molecule has 7 nitrogen and oxygen atoms in total. The van der Waals surface area contributed by atoms with Gasteiger partial charge in [-0.25, -0.2) is 13.4 Å². The summed E-state index contributed by atoms with van der Waals surface area (Å²) in [6.07, 6.45) is 2.82. The highest BCUT2D eigenvalue weighted by Crippen LogP contribution is 2.19. The maximum absolute atomic E-state index is 11.9. The van der Waals surface area contributed by atoms with Crippen molar-refractivity contribution < 1.29 is 13.2 Å². The summed E-state index contributed by atoms with van der Waals surface area (Å²) in [5, 5.41) is 2.43. The van der Waals surface area contributed by atoms with Crippen molar-refractivity contribution >= 4 is 15.8 Å². The Morgan fingerprint density at radius 3 is 2.90 bits per heavy atom. The van der Waals surface area contributed by atoms with E-state index in [-0.39, 0.29) is 6.10 Å². The lowest BCUT2D eigenvalue weighted by molar-refractivity contribution is 0.232. The van der Waals surface area contributed by atoms with E-state index in [2.05, 4.69) is 15.3 Å². The molecule has 0 aromatic carbocycles. The van der Waals surface area contributed by atoms with Gasteiger partial charge >= 0.3 is 0 Å². The third kappa shape index (κ3) is 3.57. The molecule has 0 bridgehead atoms. The van der Waals surface area contributed by atoms with Crippen LogP contribution in [0.4, 0.5) is 5.95 Å². The van der Waals surface area contributed by atoms with E-state index in [9.17, 15) is 8.42 Å². The molecule has 1 saturated heterocycles. The van der Waals surface area contributed by atoms with Gasteiger partial charge in [-0.2, -0.15) is 4.98 Å². The van der Waals surface area contributed by atoms with E-state index in [1.165, 1.54) is 6.26 Å². The molecule has 0 saturated carbocycles. The number of nitrogens with one attached hydrogen (secondary N) is 1. The van der Waals surface area contributed by atoms with Gasteiger partial charge in [0.05, 0.1) is 6.10 Å². The fourth-order valence-electron chi connectivity index (χ4n) is 2.07. The molecule has 1 N–H and O–H groups in total. The molecule has 8 heteroatoms. The summed E-state index contributed by atoms with van der Waals surface area (Å²) in [4.78, 5) is 10.2. The summed E-state index contributed by atoms with van der Waals surface area (Å²) < 4.78 is 29.3. The highest BCUT2D eigenvalue weighted by Gasteiger charge is 2.32. The van der Waals surface area contributed by atoms with Crippen molar-refractivity contribution in [2.45, 2.75) is 25.3 Å². The summed E-state index contributed by atoms with van der Waals surface area (Å²) in [5.41, 5.74) is 0. The SMILES string of the molecule is CC(C)Oc1ccnc(N2CCNCC2S(C)(=O)=O)n1. The van der Waals surface area contributed by atoms with Crippen LogP contribution < -0.4 is 15.0 Å². The summed E-state index contributed by atoms with van der Waals surface area (Å²) in [5.74, 6) is 0.843. The number of nitrogens with zero attached hydrogens (tertiary/aromatic N) is 3. The summed E-state index contributed by atoms with van der Waals surface area (Å²) in [6.45, 7) is 5.43. The predicted octanol–water partition coefficient (Wildman–Crippen LogP) is 0.0441.